The van der Waals surface area contributed by atoms with Gasteiger partial charge in [0.2, 0.25) is 5.69 Å². The Labute approximate surface area is 214 Å². The van der Waals surface area contributed by atoms with Crippen LogP contribution >= 0.6 is 0 Å². The summed E-state index contributed by atoms with van der Waals surface area (Å²) in [7, 11) is 1.91. The van der Waals surface area contributed by atoms with Gasteiger partial charge < -0.3 is 4.42 Å². The molecule has 4 aromatic carbocycles. The average molecular weight is 484 g/mol. The predicted molar refractivity (Wildman–Crippen MR) is 145 cm³/mol. The third-order valence-electron chi connectivity index (χ3n) is 7.06. The van der Waals surface area contributed by atoms with E-state index in [1.807, 2.05) is 73.1 Å². The molecule has 0 fully saturated rings. The van der Waals surface area contributed by atoms with E-state index in [9.17, 15) is 9.65 Å². The number of furan rings is 1. The van der Waals surface area contributed by atoms with Crippen molar-refractivity contribution in [3.8, 4) is 39.6 Å². The zero-order chi connectivity index (χ0) is 25.7. The van der Waals surface area contributed by atoms with Crippen LogP contribution in [0.5, 0.6) is 0 Å². The topological polar surface area (TPSA) is 40.8 Å². The summed E-state index contributed by atoms with van der Waals surface area (Å²) in [5, 5.41) is 11.9. The van der Waals surface area contributed by atoms with E-state index in [1.54, 1.807) is 19.2 Å². The molecule has 0 bridgehead atoms. The minimum atomic E-state index is -0.259. The molecule has 0 aliphatic rings. The van der Waals surface area contributed by atoms with Crippen molar-refractivity contribution in [3.63, 3.8) is 0 Å². The molecule has 37 heavy (non-hydrogen) atoms. The lowest BCUT2D eigenvalue weighted by molar-refractivity contribution is -0.661. The van der Waals surface area contributed by atoms with Crippen LogP contribution in [-0.4, -0.2) is 0 Å². The molecule has 0 saturated carbocycles. The molecule has 0 aliphatic carbocycles. The van der Waals surface area contributed by atoms with E-state index in [0.29, 0.717) is 22.3 Å². The molecule has 0 radical (unpaired) electrons. The monoisotopic (exact) mass is 483 g/mol. The highest BCUT2D eigenvalue weighted by atomic mass is 19.1. The first-order chi connectivity index (χ1) is 18.0. The van der Waals surface area contributed by atoms with Crippen LogP contribution in [0.25, 0.3) is 55.4 Å². The lowest BCUT2D eigenvalue weighted by atomic mass is 9.94. The van der Waals surface area contributed by atoms with Crippen LogP contribution in [0.2, 0.25) is 0 Å². The first-order valence-corrected chi connectivity index (χ1v) is 12.2. The number of aryl methyl sites for hydroxylation is 3. The van der Waals surface area contributed by atoms with Crippen molar-refractivity contribution in [2.75, 3.05) is 0 Å². The van der Waals surface area contributed by atoms with E-state index in [4.69, 9.17) is 4.42 Å². The molecule has 0 spiro atoms. The Morgan fingerprint density at radius 1 is 0.730 bits per heavy atom. The van der Waals surface area contributed by atoms with E-state index in [0.717, 1.165) is 49.8 Å². The molecule has 178 valence electrons. The molecule has 0 unspecified atom stereocenters. The Morgan fingerprint density at radius 3 is 2.16 bits per heavy atom. The lowest BCUT2D eigenvalue weighted by Gasteiger charge is -2.08. The zero-order valence-electron chi connectivity index (χ0n) is 20.8. The largest absolute Gasteiger partial charge is 0.454 e. The van der Waals surface area contributed by atoms with Gasteiger partial charge in [-0.1, -0.05) is 60.7 Å². The maximum atomic E-state index is 14.7. The summed E-state index contributed by atoms with van der Waals surface area (Å²) < 4.78 is 23.2. The van der Waals surface area contributed by atoms with Crippen molar-refractivity contribution in [2.45, 2.75) is 13.8 Å². The Kier molecular flexibility index (Phi) is 5.35. The number of hydrogen-bond donors (Lipinski definition) is 0. The van der Waals surface area contributed by atoms with Crippen molar-refractivity contribution in [2.24, 2.45) is 7.05 Å². The molecule has 0 N–H and O–H groups in total. The quantitative estimate of drug-likeness (QED) is 0.239. The Bertz CT molecular complexity index is 1880. The maximum absolute atomic E-state index is 14.7. The van der Waals surface area contributed by atoms with Crippen molar-refractivity contribution < 1.29 is 13.4 Å². The molecule has 3 nitrogen and oxygen atoms in total. The predicted octanol–water partition coefficient (Wildman–Crippen LogP) is 8.04. The second-order valence-electron chi connectivity index (χ2n) is 9.46. The van der Waals surface area contributed by atoms with E-state index in [2.05, 4.69) is 30.3 Å². The van der Waals surface area contributed by atoms with Gasteiger partial charge in [-0.25, -0.2) is 8.96 Å². The minimum Gasteiger partial charge on any atom is -0.454 e. The van der Waals surface area contributed by atoms with Gasteiger partial charge in [0.1, 0.15) is 24.0 Å². The minimum absolute atomic E-state index is 0.259. The van der Waals surface area contributed by atoms with Crippen molar-refractivity contribution in [1.82, 2.24) is 0 Å². The number of hydrogen-bond acceptors (Lipinski definition) is 2. The molecule has 6 aromatic rings. The van der Waals surface area contributed by atoms with E-state index in [-0.39, 0.29) is 5.82 Å². The molecule has 6 rings (SSSR count). The summed E-state index contributed by atoms with van der Waals surface area (Å²) in [4.78, 5) is 0. The van der Waals surface area contributed by atoms with Crippen LogP contribution in [0.15, 0.2) is 95.5 Å². The number of fused-ring (bicyclic) bond motifs is 3. The van der Waals surface area contributed by atoms with Crippen LogP contribution in [0.4, 0.5) is 4.39 Å². The van der Waals surface area contributed by atoms with Crippen molar-refractivity contribution in [3.05, 3.63) is 114 Å². The number of pyridine rings is 1. The fraction of sp³-hybridized carbons (Fsp3) is 0.0909. The second kappa shape index (κ2) is 8.72. The van der Waals surface area contributed by atoms with Crippen LogP contribution in [0.1, 0.15) is 16.7 Å². The smallest absolute Gasteiger partial charge is 0.219 e. The molecule has 0 saturated heterocycles. The highest BCUT2D eigenvalue weighted by Crippen LogP contribution is 2.42. The van der Waals surface area contributed by atoms with Crippen molar-refractivity contribution >= 4 is 21.9 Å². The van der Waals surface area contributed by atoms with Gasteiger partial charge in [0.05, 0.1) is 17.2 Å². The molecule has 4 heteroatoms. The van der Waals surface area contributed by atoms with E-state index >= 15 is 0 Å². The van der Waals surface area contributed by atoms with Gasteiger partial charge in [-0.15, -0.1) is 0 Å². The molecule has 0 atom stereocenters. The highest BCUT2D eigenvalue weighted by molar-refractivity contribution is 6.14. The van der Waals surface area contributed by atoms with Gasteiger partial charge in [-0.3, -0.25) is 0 Å². The fourth-order valence-corrected chi connectivity index (χ4v) is 5.19. The summed E-state index contributed by atoms with van der Waals surface area (Å²) in [5.74, 6) is -0.259. The first-order valence-electron chi connectivity index (χ1n) is 12.2. The number of aromatic nitrogens is 1. The standard InChI is InChI=1S/C33H24FN2O/c1-20-12-14-26-27-15-13-25(18-35)31(24-11-7-10-23(16-24)22-8-5-4-6-9-22)33(27)37-32(26)30(20)29-17-28(34)21(2)19-36(29)3/h4-17,19H,1-3H3/q+1. The normalized spacial score (nSPS) is 11.2. The molecule has 0 aliphatic heterocycles. The van der Waals surface area contributed by atoms with Gasteiger partial charge in [0, 0.05) is 28.0 Å². The molecule has 0 amide bonds. The molecular weight excluding hydrogens is 459 g/mol. The maximum Gasteiger partial charge on any atom is 0.219 e. The van der Waals surface area contributed by atoms with Crippen LogP contribution in [-0.2, 0) is 7.05 Å². The SMILES string of the molecule is Cc1c[n+](C)c(-c2c(C)ccc3c2oc2c(-c4cccc(-c5ccccc5)c4)c(C#N)ccc23)cc1F. The number of benzene rings is 4. The summed E-state index contributed by atoms with van der Waals surface area (Å²) in [6.07, 6.45) is 1.79. The number of halogens is 1. The first kappa shape index (κ1) is 22.7. The lowest BCUT2D eigenvalue weighted by Crippen LogP contribution is -2.31. The summed E-state index contributed by atoms with van der Waals surface area (Å²) in [6, 6.07) is 30.1. The number of nitriles is 1. The van der Waals surface area contributed by atoms with Crippen LogP contribution in [0.3, 0.4) is 0 Å². The van der Waals surface area contributed by atoms with Gasteiger partial charge >= 0.3 is 0 Å². The van der Waals surface area contributed by atoms with Gasteiger partial charge in [-0.05, 0) is 54.3 Å². The average Bonchev–Trinajstić information content (AvgIpc) is 3.29. The number of nitrogens with zero attached hydrogens (tertiary/aromatic N) is 2. The zero-order valence-corrected chi connectivity index (χ0v) is 20.8. The molecular formula is C33H24FN2O+. The fourth-order valence-electron chi connectivity index (χ4n) is 5.19. The number of rotatable bonds is 3. The van der Waals surface area contributed by atoms with Gasteiger partial charge in [0.15, 0.2) is 6.20 Å². The van der Waals surface area contributed by atoms with E-state index < -0.39 is 0 Å². The van der Waals surface area contributed by atoms with Crippen LogP contribution in [0, 0.1) is 31.0 Å². The Hall–Kier alpha value is -4.75. The molecule has 2 heterocycles. The highest BCUT2D eigenvalue weighted by Gasteiger charge is 2.24. The van der Waals surface area contributed by atoms with Gasteiger partial charge in [-0.2, -0.15) is 5.26 Å². The Balaban J connectivity index is 1.66. The third-order valence-corrected chi connectivity index (χ3v) is 7.06. The Morgan fingerprint density at radius 2 is 1.41 bits per heavy atom. The molecule has 2 aromatic heterocycles. The van der Waals surface area contributed by atoms with E-state index in [1.165, 1.54) is 0 Å². The summed E-state index contributed by atoms with van der Waals surface area (Å²) in [5.41, 5.74) is 8.87. The van der Waals surface area contributed by atoms with Gasteiger partial charge in [0.25, 0.3) is 0 Å². The second-order valence-corrected chi connectivity index (χ2v) is 9.46. The van der Waals surface area contributed by atoms with Crippen LogP contribution < -0.4 is 4.57 Å². The third kappa shape index (κ3) is 3.68. The van der Waals surface area contributed by atoms with Crippen molar-refractivity contribution in [1.29, 1.82) is 5.26 Å². The summed E-state index contributed by atoms with van der Waals surface area (Å²) >= 11 is 0. The summed E-state index contributed by atoms with van der Waals surface area (Å²) in [6.45, 7) is 3.76.